The van der Waals surface area contributed by atoms with E-state index in [9.17, 15) is 9.90 Å². The van der Waals surface area contributed by atoms with Crippen LogP contribution in [-0.4, -0.2) is 44.5 Å². The zero-order chi connectivity index (χ0) is 26.1. The zero-order valence-electron chi connectivity index (χ0n) is 21.8. The number of nitrogens with one attached hydrogen (secondary N) is 1. The highest BCUT2D eigenvalue weighted by Gasteiger charge is 2.28. The molecule has 0 bridgehead atoms. The summed E-state index contributed by atoms with van der Waals surface area (Å²) in [6, 6.07) is 25.3. The van der Waals surface area contributed by atoms with E-state index >= 15 is 0 Å². The van der Waals surface area contributed by atoms with E-state index in [4.69, 9.17) is 0 Å². The number of benzene rings is 3. The molecule has 6 rings (SSSR count). The minimum Gasteiger partial charge on any atom is -0.393 e. The lowest BCUT2D eigenvalue weighted by molar-refractivity contribution is 0.0793. The third kappa shape index (κ3) is 5.07. The van der Waals surface area contributed by atoms with Crippen LogP contribution in [0.1, 0.15) is 58.2 Å². The molecule has 2 N–H and O–H groups in total. The Labute approximate surface area is 224 Å². The quantitative estimate of drug-likeness (QED) is 0.388. The SMILES string of the molecule is Cc1cccc(-n2cnc3c2C(=O)CC(c2ccc(-c4ccccc4CN4CCC(O)CC4)cc2)NC3)c1. The molecule has 0 amide bonds. The third-order valence-electron chi connectivity index (χ3n) is 7.89. The maximum absolute atomic E-state index is 13.5. The standard InChI is InChI=1S/C32H34N4O2/c1-22-5-4-7-26(17-22)36-21-34-30-19-33-29(18-31(38)32(30)36)24-11-9-23(10-12-24)28-8-3-2-6-25(28)20-35-15-13-27(37)14-16-35/h2-12,17,21,27,29,33,37H,13-16,18-20H2,1H3. The van der Waals surface area contributed by atoms with Gasteiger partial charge in [-0.3, -0.25) is 14.3 Å². The van der Waals surface area contributed by atoms with Gasteiger partial charge in [-0.15, -0.1) is 0 Å². The first-order valence-corrected chi connectivity index (χ1v) is 13.5. The van der Waals surface area contributed by atoms with Crippen LogP contribution in [0.25, 0.3) is 16.8 Å². The van der Waals surface area contributed by atoms with Crippen LogP contribution >= 0.6 is 0 Å². The van der Waals surface area contributed by atoms with E-state index in [1.807, 2.05) is 16.7 Å². The Balaban J connectivity index is 1.20. The summed E-state index contributed by atoms with van der Waals surface area (Å²) >= 11 is 0. The molecule has 1 atom stereocenters. The average molecular weight is 507 g/mol. The van der Waals surface area contributed by atoms with Crippen LogP contribution in [0.3, 0.4) is 0 Å². The summed E-state index contributed by atoms with van der Waals surface area (Å²) in [4.78, 5) is 20.5. The highest BCUT2D eigenvalue weighted by atomic mass is 16.3. The van der Waals surface area contributed by atoms with Gasteiger partial charge in [0, 0.05) is 44.3 Å². The Kier molecular flexibility index (Phi) is 6.94. The number of likely N-dealkylation sites (tertiary alicyclic amines) is 1. The third-order valence-corrected chi connectivity index (χ3v) is 7.89. The number of nitrogens with zero attached hydrogens (tertiary/aromatic N) is 3. The molecule has 2 aliphatic heterocycles. The van der Waals surface area contributed by atoms with Crippen molar-refractivity contribution in [3.05, 3.63) is 107 Å². The second kappa shape index (κ2) is 10.7. The van der Waals surface area contributed by atoms with Crippen molar-refractivity contribution < 1.29 is 9.90 Å². The van der Waals surface area contributed by atoms with Crippen molar-refractivity contribution in [2.24, 2.45) is 0 Å². The molecule has 4 aromatic rings. The average Bonchev–Trinajstić information content (AvgIpc) is 3.30. The molecule has 2 aliphatic rings. The highest BCUT2D eigenvalue weighted by molar-refractivity contribution is 5.97. The number of piperidine rings is 1. The lowest BCUT2D eigenvalue weighted by Gasteiger charge is -2.30. The van der Waals surface area contributed by atoms with Crippen molar-refractivity contribution in [1.29, 1.82) is 0 Å². The zero-order valence-corrected chi connectivity index (χ0v) is 21.8. The number of aromatic nitrogens is 2. The molecule has 0 aliphatic carbocycles. The fraction of sp³-hybridized carbons (Fsp3) is 0.312. The van der Waals surface area contributed by atoms with E-state index in [-0.39, 0.29) is 17.9 Å². The van der Waals surface area contributed by atoms with E-state index in [1.54, 1.807) is 6.33 Å². The van der Waals surface area contributed by atoms with Gasteiger partial charge < -0.3 is 10.4 Å². The largest absolute Gasteiger partial charge is 0.393 e. The summed E-state index contributed by atoms with van der Waals surface area (Å²) in [5, 5.41) is 13.4. The molecular weight excluding hydrogens is 472 g/mol. The Morgan fingerprint density at radius 1 is 1.00 bits per heavy atom. The van der Waals surface area contributed by atoms with Crippen LogP contribution in [-0.2, 0) is 13.1 Å². The number of aliphatic hydroxyl groups is 1. The van der Waals surface area contributed by atoms with E-state index in [0.717, 1.165) is 55.0 Å². The first kappa shape index (κ1) is 24.7. The molecule has 38 heavy (non-hydrogen) atoms. The molecule has 0 saturated carbocycles. The molecular formula is C32H34N4O2. The van der Waals surface area contributed by atoms with Crippen molar-refractivity contribution in [3.8, 4) is 16.8 Å². The molecule has 1 aromatic heterocycles. The lowest BCUT2D eigenvalue weighted by Crippen LogP contribution is -2.35. The Morgan fingerprint density at radius 3 is 2.58 bits per heavy atom. The number of fused-ring (bicyclic) bond motifs is 1. The molecule has 1 fully saturated rings. The van der Waals surface area contributed by atoms with Crippen LogP contribution in [0.15, 0.2) is 79.1 Å². The predicted octanol–water partition coefficient (Wildman–Crippen LogP) is 5.22. The van der Waals surface area contributed by atoms with Gasteiger partial charge in [-0.2, -0.15) is 0 Å². The van der Waals surface area contributed by atoms with Gasteiger partial charge in [-0.1, -0.05) is 60.7 Å². The van der Waals surface area contributed by atoms with Crippen LogP contribution in [0.5, 0.6) is 0 Å². The number of carbonyl (C=O) groups is 1. The van der Waals surface area contributed by atoms with Crippen LogP contribution < -0.4 is 5.32 Å². The number of carbonyl (C=O) groups excluding carboxylic acids is 1. The second-order valence-electron chi connectivity index (χ2n) is 10.6. The molecule has 6 nitrogen and oxygen atoms in total. The molecule has 0 spiro atoms. The number of aryl methyl sites for hydroxylation is 1. The van der Waals surface area contributed by atoms with Gasteiger partial charge in [0.05, 0.1) is 11.8 Å². The molecule has 194 valence electrons. The summed E-state index contributed by atoms with van der Waals surface area (Å²) in [5.41, 5.74) is 8.42. The second-order valence-corrected chi connectivity index (χ2v) is 10.6. The molecule has 1 unspecified atom stereocenters. The maximum atomic E-state index is 13.5. The highest BCUT2D eigenvalue weighted by Crippen LogP contribution is 2.30. The van der Waals surface area contributed by atoms with Gasteiger partial charge in [0.25, 0.3) is 0 Å². The minimum absolute atomic E-state index is 0.0632. The summed E-state index contributed by atoms with van der Waals surface area (Å²) in [6.07, 6.45) is 3.68. The topological polar surface area (TPSA) is 70.4 Å². The first-order valence-electron chi connectivity index (χ1n) is 13.5. The number of Topliss-reactive ketones (excluding diaryl/α,β-unsaturated/α-hetero) is 1. The Morgan fingerprint density at radius 2 is 1.79 bits per heavy atom. The van der Waals surface area contributed by atoms with Crippen LogP contribution in [0.4, 0.5) is 0 Å². The summed E-state index contributed by atoms with van der Waals surface area (Å²) in [5.74, 6) is 0.107. The summed E-state index contributed by atoms with van der Waals surface area (Å²) < 4.78 is 1.93. The van der Waals surface area contributed by atoms with Gasteiger partial charge in [-0.05, 0) is 59.7 Å². The number of hydrogen-bond donors (Lipinski definition) is 2. The smallest absolute Gasteiger partial charge is 0.183 e. The predicted molar refractivity (Wildman–Crippen MR) is 149 cm³/mol. The number of imidazole rings is 1. The summed E-state index contributed by atoms with van der Waals surface area (Å²) in [7, 11) is 0. The van der Waals surface area contributed by atoms with Gasteiger partial charge in [0.1, 0.15) is 12.0 Å². The fourth-order valence-electron chi connectivity index (χ4n) is 5.75. The van der Waals surface area contributed by atoms with E-state index in [0.29, 0.717) is 18.7 Å². The van der Waals surface area contributed by atoms with Gasteiger partial charge >= 0.3 is 0 Å². The van der Waals surface area contributed by atoms with E-state index in [2.05, 4.69) is 82.8 Å². The summed E-state index contributed by atoms with van der Waals surface area (Å²) in [6.45, 7) is 5.36. The molecule has 0 radical (unpaired) electrons. The number of rotatable bonds is 5. The fourth-order valence-corrected chi connectivity index (χ4v) is 5.75. The van der Waals surface area contributed by atoms with Crippen molar-refractivity contribution in [1.82, 2.24) is 19.8 Å². The van der Waals surface area contributed by atoms with Gasteiger partial charge in [0.15, 0.2) is 5.78 Å². The van der Waals surface area contributed by atoms with Crippen molar-refractivity contribution in [2.75, 3.05) is 13.1 Å². The monoisotopic (exact) mass is 506 g/mol. The normalized spacial score (nSPS) is 18.8. The molecule has 3 heterocycles. The Hall–Kier alpha value is -3.58. The van der Waals surface area contributed by atoms with Crippen molar-refractivity contribution in [2.45, 2.75) is 51.4 Å². The van der Waals surface area contributed by atoms with Gasteiger partial charge in [-0.25, -0.2) is 4.98 Å². The minimum atomic E-state index is -0.160. The van der Waals surface area contributed by atoms with Crippen molar-refractivity contribution in [3.63, 3.8) is 0 Å². The number of hydrogen-bond acceptors (Lipinski definition) is 5. The molecule has 6 heteroatoms. The first-order chi connectivity index (χ1) is 18.5. The van der Waals surface area contributed by atoms with E-state index < -0.39 is 0 Å². The number of aliphatic hydroxyl groups excluding tert-OH is 1. The Bertz CT molecular complexity index is 1430. The lowest BCUT2D eigenvalue weighted by atomic mass is 9.95. The molecule has 1 saturated heterocycles. The number of ketones is 1. The van der Waals surface area contributed by atoms with Crippen LogP contribution in [0.2, 0.25) is 0 Å². The molecule has 3 aromatic carbocycles. The van der Waals surface area contributed by atoms with E-state index in [1.165, 1.54) is 16.7 Å². The maximum Gasteiger partial charge on any atom is 0.183 e. The van der Waals surface area contributed by atoms with Gasteiger partial charge in [0.2, 0.25) is 0 Å². The van der Waals surface area contributed by atoms with Crippen molar-refractivity contribution >= 4 is 5.78 Å². The van der Waals surface area contributed by atoms with Crippen LogP contribution in [0, 0.1) is 6.92 Å².